The molecule has 0 saturated heterocycles. The maximum atomic E-state index is 9.72. The maximum Gasteiger partial charge on any atom is 0.0687 e. The fraction of sp³-hybridized carbons (Fsp3) is 0.600. The molecule has 0 aromatic heterocycles. The molecule has 0 bridgehead atoms. The molecule has 0 aliphatic heterocycles. The van der Waals surface area contributed by atoms with Crippen LogP contribution in [-0.4, -0.2) is 23.8 Å². The van der Waals surface area contributed by atoms with Crippen LogP contribution in [0.3, 0.4) is 0 Å². The third-order valence-corrected chi connectivity index (χ3v) is 3.79. The van der Waals surface area contributed by atoms with E-state index in [1.165, 1.54) is 18.4 Å². The summed E-state index contributed by atoms with van der Waals surface area (Å²) in [5.41, 5.74) is 1.45. The van der Waals surface area contributed by atoms with Crippen LogP contribution < -0.4 is 5.32 Å². The number of hydrogen-bond donors (Lipinski definition) is 2. The first-order valence-electron chi connectivity index (χ1n) is 6.63. The van der Waals surface area contributed by atoms with E-state index in [2.05, 4.69) is 49.5 Å². The van der Waals surface area contributed by atoms with Crippen molar-refractivity contribution in [2.45, 2.75) is 44.8 Å². The van der Waals surface area contributed by atoms with Gasteiger partial charge in [-0.05, 0) is 30.2 Å². The molecule has 2 heteroatoms. The van der Waals surface area contributed by atoms with Gasteiger partial charge in [-0.2, -0.15) is 0 Å². The Labute approximate surface area is 104 Å². The Balaban J connectivity index is 1.69. The van der Waals surface area contributed by atoms with E-state index >= 15 is 0 Å². The lowest BCUT2D eigenvalue weighted by molar-refractivity contribution is 0.112. The molecule has 17 heavy (non-hydrogen) atoms. The van der Waals surface area contributed by atoms with Crippen molar-refractivity contribution in [3.63, 3.8) is 0 Å². The zero-order chi connectivity index (χ0) is 12.3. The monoisotopic (exact) mass is 233 g/mol. The number of benzene rings is 1. The first-order valence-corrected chi connectivity index (χ1v) is 6.63. The minimum absolute atomic E-state index is 0.217. The smallest absolute Gasteiger partial charge is 0.0687 e. The highest BCUT2D eigenvalue weighted by molar-refractivity contribution is 5.22. The van der Waals surface area contributed by atoms with Crippen LogP contribution in [0, 0.1) is 5.92 Å². The minimum atomic E-state index is -0.217. The Morgan fingerprint density at radius 1 is 1.24 bits per heavy atom. The molecule has 1 aromatic rings. The molecule has 94 valence electrons. The molecule has 0 spiro atoms. The summed E-state index contributed by atoms with van der Waals surface area (Å²) in [5.74, 6) is 1.05. The number of aliphatic hydroxyl groups is 1. The van der Waals surface area contributed by atoms with Gasteiger partial charge in [0, 0.05) is 12.6 Å². The molecule has 0 radical (unpaired) electrons. The highest BCUT2D eigenvalue weighted by atomic mass is 16.3. The summed E-state index contributed by atoms with van der Waals surface area (Å²) in [4.78, 5) is 0. The molecule has 1 aromatic carbocycles. The fourth-order valence-electron chi connectivity index (χ4n) is 2.31. The lowest BCUT2D eigenvalue weighted by Crippen LogP contribution is -2.44. The van der Waals surface area contributed by atoms with Gasteiger partial charge in [-0.3, -0.25) is 0 Å². The van der Waals surface area contributed by atoms with Gasteiger partial charge in [0.15, 0.2) is 0 Å². The van der Waals surface area contributed by atoms with Gasteiger partial charge < -0.3 is 10.4 Å². The van der Waals surface area contributed by atoms with Crippen molar-refractivity contribution in [2.24, 2.45) is 5.92 Å². The number of nitrogens with one attached hydrogen (secondary N) is 1. The van der Waals surface area contributed by atoms with Crippen LogP contribution in [0.5, 0.6) is 0 Å². The third-order valence-electron chi connectivity index (χ3n) is 3.79. The van der Waals surface area contributed by atoms with Crippen LogP contribution in [0.25, 0.3) is 0 Å². The molecule has 0 heterocycles. The number of aliphatic hydroxyl groups excluding tert-OH is 1. The molecule has 2 nitrogen and oxygen atoms in total. The van der Waals surface area contributed by atoms with Crippen molar-refractivity contribution in [2.75, 3.05) is 6.54 Å². The van der Waals surface area contributed by atoms with Gasteiger partial charge in [0.25, 0.3) is 0 Å². The fourth-order valence-corrected chi connectivity index (χ4v) is 2.31. The Bertz CT molecular complexity index is 330. The molecule has 1 fully saturated rings. The van der Waals surface area contributed by atoms with Crippen molar-refractivity contribution in [1.82, 2.24) is 5.32 Å². The maximum absolute atomic E-state index is 9.72. The average molecular weight is 233 g/mol. The summed E-state index contributed by atoms with van der Waals surface area (Å²) < 4.78 is 0. The summed E-state index contributed by atoms with van der Waals surface area (Å²) in [6, 6.07) is 11.3. The van der Waals surface area contributed by atoms with Crippen LogP contribution in [0.15, 0.2) is 30.3 Å². The highest BCUT2D eigenvalue weighted by Gasteiger charge is 2.30. The van der Waals surface area contributed by atoms with E-state index in [4.69, 9.17) is 0 Å². The highest BCUT2D eigenvalue weighted by Crippen LogP contribution is 2.36. The summed E-state index contributed by atoms with van der Waals surface area (Å²) in [6.07, 6.45) is 2.19. The van der Waals surface area contributed by atoms with Crippen LogP contribution in [-0.2, 0) is 0 Å². The predicted octanol–water partition coefficient (Wildman–Crippen LogP) is 2.54. The van der Waals surface area contributed by atoms with Crippen LogP contribution in [0.4, 0.5) is 0 Å². The Morgan fingerprint density at radius 2 is 1.88 bits per heavy atom. The van der Waals surface area contributed by atoms with E-state index in [0.717, 1.165) is 6.54 Å². The Kier molecular flexibility index (Phi) is 4.19. The minimum Gasteiger partial charge on any atom is -0.392 e. The van der Waals surface area contributed by atoms with Gasteiger partial charge in [-0.1, -0.05) is 44.2 Å². The molecule has 2 N–H and O–H groups in total. The van der Waals surface area contributed by atoms with E-state index < -0.39 is 0 Å². The third kappa shape index (κ3) is 3.30. The standard InChI is InChI=1S/C15H23NO/c1-11(2)15(17)10-16-14-8-13(9-14)12-6-4-3-5-7-12/h3-7,11,13-17H,8-10H2,1-2H3. The number of rotatable bonds is 5. The summed E-state index contributed by atoms with van der Waals surface area (Å²) in [5, 5.41) is 13.2. The molecule has 0 amide bonds. The molecule has 1 aliphatic rings. The van der Waals surface area contributed by atoms with Crippen molar-refractivity contribution < 1.29 is 5.11 Å². The van der Waals surface area contributed by atoms with E-state index in [-0.39, 0.29) is 6.10 Å². The summed E-state index contributed by atoms with van der Waals surface area (Å²) >= 11 is 0. The summed E-state index contributed by atoms with van der Waals surface area (Å²) in [6.45, 7) is 4.84. The molecule has 2 rings (SSSR count). The lowest BCUT2D eigenvalue weighted by atomic mass is 9.76. The van der Waals surface area contributed by atoms with E-state index in [1.54, 1.807) is 0 Å². The molecular weight excluding hydrogens is 210 g/mol. The second-order valence-corrected chi connectivity index (χ2v) is 5.50. The van der Waals surface area contributed by atoms with Crippen molar-refractivity contribution >= 4 is 0 Å². The largest absolute Gasteiger partial charge is 0.392 e. The Hall–Kier alpha value is -0.860. The van der Waals surface area contributed by atoms with Crippen molar-refractivity contribution in [3.8, 4) is 0 Å². The molecule has 1 saturated carbocycles. The summed E-state index contributed by atoms with van der Waals surface area (Å²) in [7, 11) is 0. The van der Waals surface area contributed by atoms with Crippen LogP contribution in [0.1, 0.15) is 38.2 Å². The van der Waals surface area contributed by atoms with E-state index in [9.17, 15) is 5.11 Å². The quantitative estimate of drug-likeness (QED) is 0.819. The molecular formula is C15H23NO. The SMILES string of the molecule is CC(C)C(O)CNC1CC(c2ccccc2)C1. The Morgan fingerprint density at radius 3 is 2.47 bits per heavy atom. The number of hydrogen-bond acceptors (Lipinski definition) is 2. The van der Waals surface area contributed by atoms with Crippen LogP contribution >= 0.6 is 0 Å². The van der Waals surface area contributed by atoms with Crippen molar-refractivity contribution in [1.29, 1.82) is 0 Å². The zero-order valence-electron chi connectivity index (χ0n) is 10.8. The first kappa shape index (κ1) is 12.6. The van der Waals surface area contributed by atoms with Gasteiger partial charge in [0.05, 0.1) is 6.10 Å². The first-order chi connectivity index (χ1) is 8.16. The van der Waals surface area contributed by atoms with Crippen LogP contribution in [0.2, 0.25) is 0 Å². The second kappa shape index (κ2) is 5.65. The second-order valence-electron chi connectivity index (χ2n) is 5.50. The van der Waals surface area contributed by atoms with Gasteiger partial charge in [-0.15, -0.1) is 0 Å². The molecule has 1 unspecified atom stereocenters. The van der Waals surface area contributed by atoms with Gasteiger partial charge in [0.1, 0.15) is 0 Å². The van der Waals surface area contributed by atoms with Gasteiger partial charge >= 0.3 is 0 Å². The average Bonchev–Trinajstić information content (AvgIpc) is 2.28. The lowest BCUT2D eigenvalue weighted by Gasteiger charge is -2.37. The van der Waals surface area contributed by atoms with E-state index in [0.29, 0.717) is 17.9 Å². The normalized spacial score (nSPS) is 25.6. The molecule has 1 aliphatic carbocycles. The zero-order valence-corrected chi connectivity index (χ0v) is 10.8. The molecule has 1 atom stereocenters. The van der Waals surface area contributed by atoms with Crippen molar-refractivity contribution in [3.05, 3.63) is 35.9 Å². The topological polar surface area (TPSA) is 32.3 Å². The van der Waals surface area contributed by atoms with Gasteiger partial charge in [-0.25, -0.2) is 0 Å². The van der Waals surface area contributed by atoms with Gasteiger partial charge in [0.2, 0.25) is 0 Å². The van der Waals surface area contributed by atoms with E-state index in [1.807, 2.05) is 0 Å². The predicted molar refractivity (Wildman–Crippen MR) is 71.1 cm³/mol.